The molecule has 0 unspecified atom stereocenters. The van der Waals surface area contributed by atoms with Gasteiger partial charge in [-0.05, 0) is 22.4 Å². The first-order valence-corrected chi connectivity index (χ1v) is 6.18. The molecule has 1 fully saturated rings. The van der Waals surface area contributed by atoms with Crippen molar-refractivity contribution in [1.29, 1.82) is 0 Å². The second-order valence-electron chi connectivity index (χ2n) is 4.80. The number of piperazine rings is 1. The first-order chi connectivity index (χ1) is 9.15. The summed E-state index contributed by atoms with van der Waals surface area (Å²) >= 11 is 0. The van der Waals surface area contributed by atoms with Gasteiger partial charge in [-0.25, -0.2) is 0 Å². The number of carbonyl (C=O) groups excluding carboxylic acids is 2. The van der Waals surface area contributed by atoms with E-state index in [1.54, 1.807) is 7.05 Å². The average Bonchev–Trinajstić information content (AvgIpc) is 2.42. The van der Waals surface area contributed by atoms with Gasteiger partial charge in [0.05, 0.1) is 6.54 Å². The van der Waals surface area contributed by atoms with Crippen molar-refractivity contribution in [3.8, 4) is 0 Å². The number of rotatable bonds is 1. The maximum absolute atomic E-state index is 12.1. The van der Waals surface area contributed by atoms with Crippen molar-refractivity contribution in [3.05, 3.63) is 48.0 Å². The molecule has 0 aromatic heterocycles. The number of nitrogens with zero attached hydrogens (tertiary/aromatic N) is 1. The minimum absolute atomic E-state index is 0.0742. The van der Waals surface area contributed by atoms with E-state index in [0.29, 0.717) is 0 Å². The van der Waals surface area contributed by atoms with Crippen LogP contribution in [0.5, 0.6) is 0 Å². The molecule has 0 saturated carbocycles. The molecule has 2 aromatic rings. The van der Waals surface area contributed by atoms with Crippen LogP contribution in [0.2, 0.25) is 0 Å². The summed E-state index contributed by atoms with van der Waals surface area (Å²) in [5.74, 6) is -0.199. The highest BCUT2D eigenvalue weighted by Gasteiger charge is 2.31. The molecule has 0 spiro atoms. The standard InChI is InChI=1S/C15H14N2O2/c1-17-9-13(18)16-14(15(17)19)12-7-6-10-4-2-3-5-11(10)8-12/h2-8,14H,9H2,1H3,(H,16,18)/t14-/m1/s1. The van der Waals surface area contributed by atoms with Gasteiger partial charge in [-0.3, -0.25) is 9.59 Å². The van der Waals surface area contributed by atoms with E-state index in [0.717, 1.165) is 16.3 Å². The fourth-order valence-electron chi connectivity index (χ4n) is 2.40. The Morgan fingerprint density at radius 2 is 1.84 bits per heavy atom. The fraction of sp³-hybridized carbons (Fsp3) is 0.200. The predicted molar refractivity (Wildman–Crippen MR) is 72.5 cm³/mol. The monoisotopic (exact) mass is 254 g/mol. The van der Waals surface area contributed by atoms with Gasteiger partial charge in [0.25, 0.3) is 0 Å². The van der Waals surface area contributed by atoms with Crippen LogP contribution in [0.25, 0.3) is 10.8 Å². The molecule has 4 heteroatoms. The number of amides is 2. The van der Waals surface area contributed by atoms with Crippen molar-refractivity contribution in [1.82, 2.24) is 10.2 Å². The third kappa shape index (κ3) is 2.05. The van der Waals surface area contributed by atoms with Crippen molar-refractivity contribution in [2.45, 2.75) is 6.04 Å². The van der Waals surface area contributed by atoms with Crippen LogP contribution >= 0.6 is 0 Å². The minimum atomic E-state index is -0.573. The summed E-state index contributed by atoms with van der Waals surface area (Å²) in [4.78, 5) is 25.1. The smallest absolute Gasteiger partial charge is 0.250 e. The van der Waals surface area contributed by atoms with E-state index in [-0.39, 0.29) is 18.4 Å². The van der Waals surface area contributed by atoms with Gasteiger partial charge in [0.1, 0.15) is 6.04 Å². The molecule has 1 aliphatic heterocycles. The number of hydrogen-bond donors (Lipinski definition) is 1. The van der Waals surface area contributed by atoms with E-state index >= 15 is 0 Å². The molecule has 1 heterocycles. The maximum atomic E-state index is 12.1. The largest absolute Gasteiger partial charge is 0.339 e. The molecule has 2 amide bonds. The molecule has 4 nitrogen and oxygen atoms in total. The van der Waals surface area contributed by atoms with E-state index in [1.165, 1.54) is 4.90 Å². The summed E-state index contributed by atoms with van der Waals surface area (Å²) < 4.78 is 0. The molecular weight excluding hydrogens is 240 g/mol. The molecule has 1 aliphatic rings. The van der Waals surface area contributed by atoms with Gasteiger partial charge in [-0.15, -0.1) is 0 Å². The van der Waals surface area contributed by atoms with Gasteiger partial charge in [-0.2, -0.15) is 0 Å². The Balaban J connectivity index is 2.03. The van der Waals surface area contributed by atoms with Crippen LogP contribution in [0.15, 0.2) is 42.5 Å². The molecule has 3 rings (SSSR count). The number of nitrogens with one attached hydrogen (secondary N) is 1. The molecule has 0 radical (unpaired) electrons. The highest BCUT2D eigenvalue weighted by molar-refractivity contribution is 5.96. The van der Waals surface area contributed by atoms with Gasteiger partial charge < -0.3 is 10.2 Å². The molecule has 1 saturated heterocycles. The van der Waals surface area contributed by atoms with Gasteiger partial charge in [0, 0.05) is 7.05 Å². The second kappa shape index (κ2) is 4.39. The Labute approximate surface area is 111 Å². The van der Waals surface area contributed by atoms with Crippen molar-refractivity contribution >= 4 is 22.6 Å². The van der Waals surface area contributed by atoms with Crippen LogP contribution in [0.1, 0.15) is 11.6 Å². The molecule has 0 aliphatic carbocycles. The Kier molecular flexibility index (Phi) is 2.71. The van der Waals surface area contributed by atoms with Crippen LogP contribution in [0, 0.1) is 0 Å². The van der Waals surface area contributed by atoms with E-state index in [9.17, 15) is 9.59 Å². The number of benzene rings is 2. The topological polar surface area (TPSA) is 49.4 Å². The zero-order chi connectivity index (χ0) is 13.4. The first kappa shape index (κ1) is 11.7. The second-order valence-corrected chi connectivity index (χ2v) is 4.80. The Bertz CT molecular complexity index is 666. The number of likely N-dealkylation sites (N-methyl/N-ethyl adjacent to an activating group) is 1. The quantitative estimate of drug-likeness (QED) is 0.837. The van der Waals surface area contributed by atoms with Gasteiger partial charge in [-0.1, -0.05) is 36.4 Å². The molecule has 1 N–H and O–H groups in total. The normalized spacial score (nSPS) is 19.6. The summed E-state index contributed by atoms with van der Waals surface area (Å²) in [5.41, 5.74) is 0.823. The zero-order valence-corrected chi connectivity index (χ0v) is 10.6. The molecule has 0 bridgehead atoms. The van der Waals surface area contributed by atoms with E-state index in [4.69, 9.17) is 0 Å². The lowest BCUT2D eigenvalue weighted by Gasteiger charge is -2.30. The van der Waals surface area contributed by atoms with Crippen LogP contribution in [-0.4, -0.2) is 30.3 Å². The minimum Gasteiger partial charge on any atom is -0.339 e. The predicted octanol–water partition coefficient (Wildman–Crippen LogP) is 1.47. The lowest BCUT2D eigenvalue weighted by Crippen LogP contribution is -2.51. The van der Waals surface area contributed by atoms with Gasteiger partial charge in [0.2, 0.25) is 11.8 Å². The van der Waals surface area contributed by atoms with E-state index < -0.39 is 6.04 Å². The van der Waals surface area contributed by atoms with Gasteiger partial charge >= 0.3 is 0 Å². The van der Waals surface area contributed by atoms with Crippen LogP contribution in [0.3, 0.4) is 0 Å². The zero-order valence-electron chi connectivity index (χ0n) is 10.6. The molecule has 2 aromatic carbocycles. The highest BCUT2D eigenvalue weighted by Crippen LogP contribution is 2.23. The van der Waals surface area contributed by atoms with Crippen LogP contribution in [0.4, 0.5) is 0 Å². The molecular formula is C15H14N2O2. The number of hydrogen-bond acceptors (Lipinski definition) is 2. The Morgan fingerprint density at radius 3 is 2.63 bits per heavy atom. The molecule has 96 valence electrons. The highest BCUT2D eigenvalue weighted by atomic mass is 16.2. The van der Waals surface area contributed by atoms with Crippen LogP contribution < -0.4 is 5.32 Å². The lowest BCUT2D eigenvalue weighted by atomic mass is 10.00. The number of carbonyl (C=O) groups is 2. The van der Waals surface area contributed by atoms with E-state index in [1.807, 2.05) is 42.5 Å². The summed E-state index contributed by atoms with van der Waals surface area (Å²) in [7, 11) is 1.65. The van der Waals surface area contributed by atoms with Crippen molar-refractivity contribution < 1.29 is 9.59 Å². The molecule has 1 atom stereocenters. The van der Waals surface area contributed by atoms with Crippen molar-refractivity contribution in [2.75, 3.05) is 13.6 Å². The average molecular weight is 254 g/mol. The summed E-state index contributed by atoms with van der Waals surface area (Å²) in [6.07, 6.45) is 0. The number of fused-ring (bicyclic) bond motifs is 1. The van der Waals surface area contributed by atoms with Crippen molar-refractivity contribution in [2.24, 2.45) is 0 Å². The molecule has 19 heavy (non-hydrogen) atoms. The summed E-state index contributed by atoms with van der Waals surface area (Å²) in [6.45, 7) is 0.128. The lowest BCUT2D eigenvalue weighted by molar-refractivity contribution is -0.143. The van der Waals surface area contributed by atoms with Crippen molar-refractivity contribution in [3.63, 3.8) is 0 Å². The SMILES string of the molecule is CN1CC(=O)N[C@H](c2ccc3ccccc3c2)C1=O. The maximum Gasteiger partial charge on any atom is 0.250 e. The van der Waals surface area contributed by atoms with Gasteiger partial charge in [0.15, 0.2) is 0 Å². The Hall–Kier alpha value is -2.36. The fourth-order valence-corrected chi connectivity index (χ4v) is 2.40. The summed E-state index contributed by atoms with van der Waals surface area (Å²) in [6, 6.07) is 13.2. The third-order valence-corrected chi connectivity index (χ3v) is 3.42. The van der Waals surface area contributed by atoms with E-state index in [2.05, 4.69) is 5.32 Å². The summed E-state index contributed by atoms with van der Waals surface area (Å²) in [5, 5.41) is 4.93. The Morgan fingerprint density at radius 1 is 1.11 bits per heavy atom. The van der Waals surface area contributed by atoms with Crippen LogP contribution in [-0.2, 0) is 9.59 Å². The third-order valence-electron chi connectivity index (χ3n) is 3.42. The first-order valence-electron chi connectivity index (χ1n) is 6.18.